The van der Waals surface area contributed by atoms with Gasteiger partial charge in [-0.25, -0.2) is 0 Å². The Labute approximate surface area is 45.1 Å². The molecule has 0 saturated carbocycles. The molecule has 1 aliphatic rings. The summed E-state index contributed by atoms with van der Waals surface area (Å²) in [6, 6.07) is 0. The van der Waals surface area contributed by atoms with Crippen LogP contribution in [0.15, 0.2) is 0 Å². The Morgan fingerprint density at radius 3 is 2.57 bits per heavy atom. The molecule has 0 bridgehead atoms. The van der Waals surface area contributed by atoms with E-state index in [1.807, 2.05) is 0 Å². The van der Waals surface area contributed by atoms with Gasteiger partial charge in [-0.05, 0) is 0 Å². The lowest BCUT2D eigenvalue weighted by Crippen LogP contribution is -2.18. The standard InChI is InChI=1S/C4H9O2P/c5-4(7)1-2-6-3-4/h5H,1-3,7H2. The van der Waals surface area contributed by atoms with Gasteiger partial charge < -0.3 is 9.84 Å². The summed E-state index contributed by atoms with van der Waals surface area (Å²) < 4.78 is 4.89. The molecule has 2 atom stereocenters. The third kappa shape index (κ3) is 1.37. The molecule has 1 fully saturated rings. The predicted octanol–water partition coefficient (Wildman–Crippen LogP) is -0.0296. The van der Waals surface area contributed by atoms with Gasteiger partial charge in [0.1, 0.15) is 5.34 Å². The summed E-state index contributed by atoms with van der Waals surface area (Å²) in [6.07, 6.45) is 0.748. The van der Waals surface area contributed by atoms with E-state index in [1.165, 1.54) is 0 Å². The minimum atomic E-state index is -0.611. The fraction of sp³-hybridized carbons (Fsp3) is 1.00. The lowest BCUT2D eigenvalue weighted by atomic mass is 10.3. The largest absolute Gasteiger partial charge is 0.383 e. The second kappa shape index (κ2) is 1.70. The first-order chi connectivity index (χ1) is 3.21. The third-order valence-corrected chi connectivity index (χ3v) is 1.49. The SMILES string of the molecule is OC1(P)CCOC1. The zero-order valence-corrected chi connectivity index (χ0v) is 5.21. The molecule has 2 nitrogen and oxygen atoms in total. The molecule has 0 aromatic heterocycles. The van der Waals surface area contributed by atoms with E-state index in [2.05, 4.69) is 9.24 Å². The van der Waals surface area contributed by atoms with Gasteiger partial charge in [-0.15, -0.1) is 9.24 Å². The molecule has 0 aromatic carbocycles. The lowest BCUT2D eigenvalue weighted by molar-refractivity contribution is 0.102. The van der Waals surface area contributed by atoms with Crippen LogP contribution in [0.25, 0.3) is 0 Å². The van der Waals surface area contributed by atoms with Crippen molar-refractivity contribution in [3.63, 3.8) is 0 Å². The molecule has 1 aliphatic heterocycles. The summed E-state index contributed by atoms with van der Waals surface area (Å²) >= 11 is 0. The summed E-state index contributed by atoms with van der Waals surface area (Å²) in [4.78, 5) is 0. The van der Waals surface area contributed by atoms with Gasteiger partial charge in [-0.3, -0.25) is 0 Å². The van der Waals surface area contributed by atoms with Crippen LogP contribution in [-0.2, 0) is 4.74 Å². The van der Waals surface area contributed by atoms with Gasteiger partial charge in [0.2, 0.25) is 0 Å². The summed E-state index contributed by atoms with van der Waals surface area (Å²) in [7, 11) is 2.36. The van der Waals surface area contributed by atoms with E-state index < -0.39 is 5.34 Å². The summed E-state index contributed by atoms with van der Waals surface area (Å²) in [5, 5.41) is 8.42. The fourth-order valence-electron chi connectivity index (χ4n) is 0.570. The number of aliphatic hydroxyl groups is 1. The molecule has 1 N–H and O–H groups in total. The van der Waals surface area contributed by atoms with Gasteiger partial charge in [-0.1, -0.05) is 0 Å². The Morgan fingerprint density at radius 1 is 1.71 bits per heavy atom. The van der Waals surface area contributed by atoms with Gasteiger partial charge in [-0.2, -0.15) is 0 Å². The van der Waals surface area contributed by atoms with Crippen LogP contribution in [-0.4, -0.2) is 23.7 Å². The average molecular weight is 120 g/mol. The highest BCUT2D eigenvalue weighted by atomic mass is 31.0. The molecule has 7 heavy (non-hydrogen) atoms. The highest BCUT2D eigenvalue weighted by Crippen LogP contribution is 2.24. The van der Waals surface area contributed by atoms with Crippen molar-refractivity contribution in [2.45, 2.75) is 11.8 Å². The number of ether oxygens (including phenoxy) is 1. The van der Waals surface area contributed by atoms with Gasteiger partial charge in [0.15, 0.2) is 0 Å². The van der Waals surface area contributed by atoms with E-state index in [0.717, 1.165) is 6.42 Å². The van der Waals surface area contributed by atoms with Crippen molar-refractivity contribution in [2.24, 2.45) is 0 Å². The monoisotopic (exact) mass is 120 g/mol. The molecule has 1 rings (SSSR count). The van der Waals surface area contributed by atoms with Crippen LogP contribution in [0.5, 0.6) is 0 Å². The molecule has 0 radical (unpaired) electrons. The molecule has 2 unspecified atom stereocenters. The van der Waals surface area contributed by atoms with Crippen LogP contribution in [0.4, 0.5) is 0 Å². The van der Waals surface area contributed by atoms with Crippen molar-refractivity contribution >= 4 is 9.24 Å². The Kier molecular flexibility index (Phi) is 1.33. The smallest absolute Gasteiger partial charge is 0.103 e. The highest BCUT2D eigenvalue weighted by Gasteiger charge is 2.25. The van der Waals surface area contributed by atoms with Crippen LogP contribution in [0.3, 0.4) is 0 Å². The van der Waals surface area contributed by atoms with Crippen molar-refractivity contribution in [3.8, 4) is 0 Å². The van der Waals surface area contributed by atoms with Gasteiger partial charge in [0, 0.05) is 13.0 Å². The Morgan fingerprint density at radius 2 is 2.43 bits per heavy atom. The fourth-order valence-corrected chi connectivity index (χ4v) is 0.806. The summed E-state index contributed by atoms with van der Waals surface area (Å²) in [5.74, 6) is 0. The second-order valence-electron chi connectivity index (χ2n) is 1.91. The predicted molar refractivity (Wildman–Crippen MR) is 30.1 cm³/mol. The van der Waals surface area contributed by atoms with E-state index in [4.69, 9.17) is 9.84 Å². The molecule has 42 valence electrons. The normalized spacial score (nSPS) is 42.0. The zero-order valence-electron chi connectivity index (χ0n) is 4.05. The zero-order chi connectivity index (χ0) is 5.33. The molecule has 1 saturated heterocycles. The van der Waals surface area contributed by atoms with Crippen LogP contribution in [0, 0.1) is 0 Å². The van der Waals surface area contributed by atoms with Gasteiger partial charge in [0.25, 0.3) is 0 Å². The maximum atomic E-state index is 9.03. The minimum Gasteiger partial charge on any atom is -0.383 e. The number of rotatable bonds is 0. The molecule has 1 heterocycles. The van der Waals surface area contributed by atoms with Crippen LogP contribution >= 0.6 is 9.24 Å². The van der Waals surface area contributed by atoms with Gasteiger partial charge in [0.05, 0.1) is 6.61 Å². The summed E-state index contributed by atoms with van der Waals surface area (Å²) in [6.45, 7) is 1.16. The molecule has 0 spiro atoms. The number of hydrogen-bond donors (Lipinski definition) is 1. The molecular weight excluding hydrogens is 111 g/mol. The topological polar surface area (TPSA) is 29.5 Å². The maximum absolute atomic E-state index is 9.03. The van der Waals surface area contributed by atoms with Crippen LogP contribution in [0.1, 0.15) is 6.42 Å². The first-order valence-corrected chi connectivity index (χ1v) is 2.87. The van der Waals surface area contributed by atoms with Crippen molar-refractivity contribution in [1.82, 2.24) is 0 Å². The Balaban J connectivity index is 2.40. The van der Waals surface area contributed by atoms with Crippen molar-refractivity contribution in [1.29, 1.82) is 0 Å². The van der Waals surface area contributed by atoms with Crippen molar-refractivity contribution in [3.05, 3.63) is 0 Å². The lowest BCUT2D eigenvalue weighted by Gasteiger charge is -2.10. The van der Waals surface area contributed by atoms with Crippen molar-refractivity contribution in [2.75, 3.05) is 13.2 Å². The highest BCUT2D eigenvalue weighted by molar-refractivity contribution is 7.18. The summed E-state index contributed by atoms with van der Waals surface area (Å²) in [5.41, 5.74) is 0. The van der Waals surface area contributed by atoms with Gasteiger partial charge >= 0.3 is 0 Å². The van der Waals surface area contributed by atoms with Crippen LogP contribution in [0.2, 0.25) is 0 Å². The molecule has 0 aromatic rings. The maximum Gasteiger partial charge on any atom is 0.103 e. The average Bonchev–Trinajstić information content (AvgIpc) is 1.84. The van der Waals surface area contributed by atoms with E-state index in [0.29, 0.717) is 13.2 Å². The molecule has 3 heteroatoms. The van der Waals surface area contributed by atoms with Crippen molar-refractivity contribution < 1.29 is 9.84 Å². The number of hydrogen-bond acceptors (Lipinski definition) is 2. The molecule has 0 aliphatic carbocycles. The van der Waals surface area contributed by atoms with E-state index in [1.54, 1.807) is 0 Å². The molecular formula is C4H9O2P. The van der Waals surface area contributed by atoms with E-state index >= 15 is 0 Å². The van der Waals surface area contributed by atoms with Crippen LogP contribution < -0.4 is 0 Å². The Bertz CT molecular complexity index is 64.1. The quantitative estimate of drug-likeness (QED) is 0.455. The minimum absolute atomic E-state index is 0.470. The second-order valence-corrected chi connectivity index (χ2v) is 2.98. The Hall–Kier alpha value is 0.350. The molecule has 0 amide bonds. The van der Waals surface area contributed by atoms with E-state index in [-0.39, 0.29) is 0 Å². The first-order valence-electron chi connectivity index (χ1n) is 2.30. The van der Waals surface area contributed by atoms with E-state index in [9.17, 15) is 0 Å². The third-order valence-electron chi connectivity index (χ3n) is 1.03. The first kappa shape index (κ1) is 5.49.